The average Bonchev–Trinajstić information content (AvgIpc) is 2.16. The first-order valence-electron chi connectivity index (χ1n) is 3.91. The Hall–Kier alpha value is -0.410. The molecule has 0 aliphatic rings. The van der Waals surface area contributed by atoms with E-state index in [1.807, 2.05) is 18.2 Å². The minimum absolute atomic E-state index is 0.785. The molecule has 0 aliphatic carbocycles. The van der Waals surface area contributed by atoms with Crippen molar-refractivity contribution in [3.05, 3.63) is 40.6 Å². The largest absolute Gasteiger partial charge is 0.244 e. The van der Waals surface area contributed by atoms with E-state index in [4.69, 9.17) is 0 Å². The summed E-state index contributed by atoms with van der Waals surface area (Å²) in [6, 6.07) is 10.3. The Morgan fingerprint density at radius 2 is 2.00 bits per heavy atom. The zero-order chi connectivity index (χ0) is 9.26. The van der Waals surface area contributed by atoms with Crippen LogP contribution in [0.3, 0.4) is 0 Å². The first-order chi connectivity index (χ1) is 6.31. The average molecular weight is 301 g/mol. The number of alkyl halides is 1. The smallest absolute Gasteiger partial charge is 0.107 e. The van der Waals surface area contributed by atoms with E-state index in [1.165, 1.54) is 10.8 Å². The van der Waals surface area contributed by atoms with Crippen LogP contribution < -0.4 is 0 Å². The molecule has 1 aromatic carbocycles. The first kappa shape index (κ1) is 9.16. The lowest BCUT2D eigenvalue weighted by molar-refractivity contribution is 1.19. The fourth-order valence-corrected chi connectivity index (χ4v) is 2.23. The number of benzene rings is 1. The molecule has 1 heterocycles. The summed E-state index contributed by atoms with van der Waals surface area (Å²) in [5.41, 5.74) is 1.07. The Morgan fingerprint density at radius 3 is 2.77 bits per heavy atom. The van der Waals surface area contributed by atoms with E-state index in [0.717, 1.165) is 15.6 Å². The van der Waals surface area contributed by atoms with Gasteiger partial charge >= 0.3 is 0 Å². The highest BCUT2D eigenvalue weighted by Gasteiger charge is 2.01. The van der Waals surface area contributed by atoms with Gasteiger partial charge in [0.1, 0.15) is 4.60 Å². The molecule has 0 saturated carbocycles. The van der Waals surface area contributed by atoms with E-state index in [2.05, 4.69) is 49.0 Å². The summed E-state index contributed by atoms with van der Waals surface area (Å²) in [4.78, 5) is 4.39. The van der Waals surface area contributed by atoms with Crippen molar-refractivity contribution in [3.8, 4) is 0 Å². The Kier molecular flexibility index (Phi) is 2.65. The Balaban J connectivity index is 2.81. The molecule has 2 aromatic rings. The van der Waals surface area contributed by atoms with Crippen molar-refractivity contribution in [2.75, 3.05) is 0 Å². The Bertz CT molecular complexity index is 440. The van der Waals surface area contributed by atoms with Crippen molar-refractivity contribution in [3.63, 3.8) is 0 Å². The van der Waals surface area contributed by atoms with Crippen LogP contribution in [0.2, 0.25) is 0 Å². The molecule has 66 valence electrons. The van der Waals surface area contributed by atoms with Crippen molar-refractivity contribution in [1.82, 2.24) is 4.98 Å². The van der Waals surface area contributed by atoms with Gasteiger partial charge in [0.05, 0.1) is 5.69 Å². The van der Waals surface area contributed by atoms with Gasteiger partial charge in [0.2, 0.25) is 0 Å². The number of rotatable bonds is 1. The van der Waals surface area contributed by atoms with Gasteiger partial charge in [-0.15, -0.1) is 0 Å². The van der Waals surface area contributed by atoms with E-state index in [-0.39, 0.29) is 0 Å². The van der Waals surface area contributed by atoms with E-state index in [0.29, 0.717) is 0 Å². The van der Waals surface area contributed by atoms with Crippen molar-refractivity contribution in [2.45, 2.75) is 5.33 Å². The number of halogens is 2. The molecule has 0 spiro atoms. The normalized spacial score (nSPS) is 10.6. The van der Waals surface area contributed by atoms with Gasteiger partial charge in [-0.3, -0.25) is 0 Å². The van der Waals surface area contributed by atoms with Crippen LogP contribution in [0, 0.1) is 0 Å². The zero-order valence-corrected chi connectivity index (χ0v) is 9.97. The second-order valence-corrected chi connectivity index (χ2v) is 4.12. The van der Waals surface area contributed by atoms with Crippen LogP contribution in [0.15, 0.2) is 34.9 Å². The molecule has 0 N–H and O–H groups in total. The number of hydrogen-bond donors (Lipinski definition) is 0. The minimum Gasteiger partial charge on any atom is -0.244 e. The Labute approximate surface area is 93.4 Å². The lowest BCUT2D eigenvalue weighted by Gasteiger charge is -2.02. The highest BCUT2D eigenvalue weighted by molar-refractivity contribution is 9.10. The topological polar surface area (TPSA) is 12.9 Å². The standard InChI is InChI=1S/C10H7Br2N/c11-6-9-8-4-2-1-3-7(8)5-10(12)13-9/h1-5H,6H2. The fraction of sp³-hybridized carbons (Fsp3) is 0.100. The monoisotopic (exact) mass is 299 g/mol. The van der Waals surface area contributed by atoms with Crippen LogP contribution in [-0.4, -0.2) is 4.98 Å². The van der Waals surface area contributed by atoms with Crippen molar-refractivity contribution in [2.24, 2.45) is 0 Å². The molecule has 0 saturated heterocycles. The molecule has 3 heteroatoms. The molecule has 0 fully saturated rings. The Morgan fingerprint density at radius 1 is 1.23 bits per heavy atom. The molecule has 0 bridgehead atoms. The fourth-order valence-electron chi connectivity index (χ4n) is 1.34. The van der Waals surface area contributed by atoms with E-state index in [9.17, 15) is 0 Å². The molecular formula is C10H7Br2N. The molecule has 1 nitrogen and oxygen atoms in total. The van der Waals surface area contributed by atoms with Gasteiger partial charge in [-0.1, -0.05) is 40.2 Å². The lowest BCUT2D eigenvalue weighted by Crippen LogP contribution is -1.88. The van der Waals surface area contributed by atoms with Crippen molar-refractivity contribution in [1.29, 1.82) is 0 Å². The second kappa shape index (κ2) is 3.76. The molecule has 0 radical (unpaired) electrons. The number of hydrogen-bond acceptors (Lipinski definition) is 1. The number of fused-ring (bicyclic) bond motifs is 1. The quantitative estimate of drug-likeness (QED) is 0.575. The summed E-state index contributed by atoms with van der Waals surface area (Å²) < 4.78 is 0.889. The van der Waals surface area contributed by atoms with E-state index < -0.39 is 0 Å². The van der Waals surface area contributed by atoms with Crippen LogP contribution >= 0.6 is 31.9 Å². The highest BCUT2D eigenvalue weighted by Crippen LogP contribution is 2.22. The summed E-state index contributed by atoms with van der Waals surface area (Å²) in [6.07, 6.45) is 0. The maximum Gasteiger partial charge on any atom is 0.107 e. The molecule has 0 aliphatic heterocycles. The predicted molar refractivity (Wildman–Crippen MR) is 62.1 cm³/mol. The maximum absolute atomic E-state index is 4.39. The molecule has 2 rings (SSSR count). The summed E-state index contributed by atoms with van der Waals surface area (Å²) in [5.74, 6) is 0. The first-order valence-corrected chi connectivity index (χ1v) is 5.83. The highest BCUT2D eigenvalue weighted by atomic mass is 79.9. The van der Waals surface area contributed by atoms with E-state index >= 15 is 0 Å². The minimum atomic E-state index is 0.785. The summed E-state index contributed by atoms with van der Waals surface area (Å²) in [5, 5.41) is 3.22. The van der Waals surface area contributed by atoms with Crippen LogP contribution in [0.4, 0.5) is 0 Å². The number of pyridine rings is 1. The van der Waals surface area contributed by atoms with Gasteiger partial charge in [0.15, 0.2) is 0 Å². The molecule has 1 aromatic heterocycles. The van der Waals surface area contributed by atoms with Gasteiger partial charge in [-0.05, 0) is 27.4 Å². The molecule has 13 heavy (non-hydrogen) atoms. The molecule has 0 atom stereocenters. The second-order valence-electron chi connectivity index (χ2n) is 2.75. The van der Waals surface area contributed by atoms with Crippen molar-refractivity contribution < 1.29 is 0 Å². The third kappa shape index (κ3) is 1.76. The third-order valence-corrected chi connectivity index (χ3v) is 2.85. The van der Waals surface area contributed by atoms with Gasteiger partial charge in [-0.25, -0.2) is 4.98 Å². The van der Waals surface area contributed by atoms with Crippen LogP contribution in [0.5, 0.6) is 0 Å². The van der Waals surface area contributed by atoms with Crippen molar-refractivity contribution >= 4 is 42.6 Å². The van der Waals surface area contributed by atoms with Gasteiger partial charge in [0, 0.05) is 10.7 Å². The molecule has 0 amide bonds. The van der Waals surface area contributed by atoms with Gasteiger partial charge in [-0.2, -0.15) is 0 Å². The van der Waals surface area contributed by atoms with Crippen LogP contribution in [0.1, 0.15) is 5.69 Å². The summed E-state index contributed by atoms with van der Waals surface area (Å²) in [6.45, 7) is 0. The molecular weight excluding hydrogens is 294 g/mol. The number of nitrogens with zero attached hydrogens (tertiary/aromatic N) is 1. The van der Waals surface area contributed by atoms with Crippen LogP contribution in [0.25, 0.3) is 10.8 Å². The summed E-state index contributed by atoms with van der Waals surface area (Å²) in [7, 11) is 0. The van der Waals surface area contributed by atoms with Crippen LogP contribution in [-0.2, 0) is 5.33 Å². The van der Waals surface area contributed by atoms with Gasteiger partial charge < -0.3 is 0 Å². The summed E-state index contributed by atoms with van der Waals surface area (Å²) >= 11 is 6.82. The molecule has 0 unspecified atom stereocenters. The lowest BCUT2D eigenvalue weighted by atomic mass is 10.1. The SMILES string of the molecule is BrCc1nc(Br)cc2ccccc12. The number of aromatic nitrogens is 1. The van der Waals surface area contributed by atoms with Gasteiger partial charge in [0.25, 0.3) is 0 Å². The van der Waals surface area contributed by atoms with E-state index in [1.54, 1.807) is 0 Å². The zero-order valence-electron chi connectivity index (χ0n) is 6.80. The third-order valence-electron chi connectivity index (χ3n) is 1.91. The maximum atomic E-state index is 4.39. The predicted octanol–water partition coefficient (Wildman–Crippen LogP) is 3.89.